The third-order valence-electron chi connectivity index (χ3n) is 3.58. The van der Waals surface area contributed by atoms with Crippen LogP contribution in [0.3, 0.4) is 0 Å². The van der Waals surface area contributed by atoms with Gasteiger partial charge in [0.05, 0.1) is 11.4 Å². The molecule has 0 spiro atoms. The highest BCUT2D eigenvalue weighted by atomic mass is 35.5. The van der Waals surface area contributed by atoms with E-state index in [2.05, 4.69) is 31.8 Å². The van der Waals surface area contributed by atoms with Gasteiger partial charge in [0.1, 0.15) is 0 Å². The van der Waals surface area contributed by atoms with E-state index >= 15 is 0 Å². The number of benzene rings is 1. The van der Waals surface area contributed by atoms with Crippen LogP contribution in [0.1, 0.15) is 21.1 Å². The molecule has 0 saturated heterocycles. The minimum atomic E-state index is -0.378. The highest BCUT2D eigenvalue weighted by molar-refractivity contribution is 8.00. The summed E-state index contributed by atoms with van der Waals surface area (Å²) in [6.45, 7) is 1.73. The lowest BCUT2D eigenvalue weighted by Crippen LogP contribution is -2.14. The van der Waals surface area contributed by atoms with Crippen molar-refractivity contribution in [2.24, 2.45) is 0 Å². The van der Waals surface area contributed by atoms with E-state index in [0.29, 0.717) is 21.5 Å². The van der Waals surface area contributed by atoms with Crippen LogP contribution >= 0.6 is 46.0 Å². The van der Waals surface area contributed by atoms with Gasteiger partial charge in [-0.3, -0.25) is 10.1 Å². The van der Waals surface area contributed by atoms with Gasteiger partial charge in [0.2, 0.25) is 5.13 Å². The van der Waals surface area contributed by atoms with Crippen molar-refractivity contribution in [2.75, 3.05) is 5.32 Å². The number of amides is 1. The van der Waals surface area contributed by atoms with Crippen molar-refractivity contribution in [3.05, 3.63) is 63.1 Å². The number of hydrogen-bond acceptors (Lipinski definition) is 8. The smallest absolute Gasteiger partial charge is 0.279 e. The van der Waals surface area contributed by atoms with Gasteiger partial charge in [-0.1, -0.05) is 46.8 Å². The van der Waals surface area contributed by atoms with Crippen LogP contribution in [0.5, 0.6) is 0 Å². The highest BCUT2D eigenvalue weighted by Crippen LogP contribution is 2.29. The molecule has 0 fully saturated rings. The van der Waals surface area contributed by atoms with Crippen LogP contribution in [0.4, 0.5) is 5.13 Å². The van der Waals surface area contributed by atoms with Crippen LogP contribution in [-0.4, -0.2) is 31.1 Å². The first-order valence-electron chi connectivity index (χ1n) is 8.08. The van der Waals surface area contributed by atoms with Crippen LogP contribution in [-0.2, 0) is 5.75 Å². The van der Waals surface area contributed by atoms with Gasteiger partial charge in [0.15, 0.2) is 10.0 Å². The van der Waals surface area contributed by atoms with Crippen molar-refractivity contribution >= 4 is 57.1 Å². The van der Waals surface area contributed by atoms with Crippen molar-refractivity contribution in [3.63, 3.8) is 0 Å². The first-order chi connectivity index (χ1) is 13.6. The van der Waals surface area contributed by atoms with E-state index in [1.807, 2.05) is 17.5 Å². The van der Waals surface area contributed by atoms with Crippen LogP contribution < -0.4 is 5.32 Å². The zero-order chi connectivity index (χ0) is 19.5. The molecule has 0 atom stereocenters. The Kier molecular flexibility index (Phi) is 5.72. The number of aryl methyl sites for hydroxylation is 1. The largest absolute Gasteiger partial charge is 0.295 e. The summed E-state index contributed by atoms with van der Waals surface area (Å²) in [7, 11) is 0. The van der Waals surface area contributed by atoms with Gasteiger partial charge in [-0.05, 0) is 36.6 Å². The number of thiophene rings is 1. The van der Waals surface area contributed by atoms with Crippen molar-refractivity contribution in [3.8, 4) is 5.69 Å². The predicted octanol–water partition coefficient (Wildman–Crippen LogP) is 4.69. The molecule has 0 unspecified atom stereocenters. The zero-order valence-electron chi connectivity index (χ0n) is 14.5. The van der Waals surface area contributed by atoms with Gasteiger partial charge >= 0.3 is 0 Å². The standard InChI is InChI=1S/C17H13ClN6OS3/c1-10-14(23-24(22-10)12-5-2-4-11(18)8-12)15(25)19-16-20-21-17(28-16)27-9-13-6-3-7-26-13/h2-8H,9H2,1H3,(H,19,20,25). The topological polar surface area (TPSA) is 85.6 Å². The number of hydrogen-bond donors (Lipinski definition) is 1. The third-order valence-corrected chi connectivity index (χ3v) is 6.90. The van der Waals surface area contributed by atoms with Crippen molar-refractivity contribution < 1.29 is 4.79 Å². The van der Waals surface area contributed by atoms with E-state index in [-0.39, 0.29) is 11.6 Å². The van der Waals surface area contributed by atoms with E-state index in [0.717, 1.165) is 10.1 Å². The Labute approximate surface area is 177 Å². The normalized spacial score (nSPS) is 10.9. The molecule has 3 aromatic heterocycles. The first-order valence-corrected chi connectivity index (χ1v) is 11.1. The van der Waals surface area contributed by atoms with Gasteiger partial charge < -0.3 is 0 Å². The van der Waals surface area contributed by atoms with Gasteiger partial charge in [-0.25, -0.2) is 0 Å². The van der Waals surface area contributed by atoms with Gasteiger partial charge in [0, 0.05) is 15.7 Å². The van der Waals surface area contributed by atoms with Gasteiger partial charge in [-0.2, -0.15) is 9.90 Å². The Hall–Kier alpha value is -2.27. The summed E-state index contributed by atoms with van der Waals surface area (Å²) < 4.78 is 0.794. The second kappa shape index (κ2) is 8.39. The second-order valence-electron chi connectivity index (χ2n) is 5.60. The summed E-state index contributed by atoms with van der Waals surface area (Å²) in [5.41, 5.74) is 1.41. The molecule has 1 N–H and O–H groups in total. The molecule has 0 bridgehead atoms. The quantitative estimate of drug-likeness (QED) is 0.340. The van der Waals surface area contributed by atoms with E-state index in [9.17, 15) is 4.79 Å². The number of halogens is 1. The predicted molar refractivity (Wildman–Crippen MR) is 113 cm³/mol. The number of carbonyl (C=O) groups is 1. The Morgan fingerprint density at radius 3 is 2.93 bits per heavy atom. The Morgan fingerprint density at radius 1 is 1.25 bits per heavy atom. The molecule has 1 amide bonds. The summed E-state index contributed by atoms with van der Waals surface area (Å²) in [5, 5.41) is 22.5. The molecule has 0 saturated carbocycles. The summed E-state index contributed by atoms with van der Waals surface area (Å²) in [6, 6.07) is 11.2. The second-order valence-corrected chi connectivity index (χ2v) is 9.27. The molecule has 142 valence electrons. The average molecular weight is 449 g/mol. The van der Waals surface area contributed by atoms with Crippen LogP contribution in [0.15, 0.2) is 46.1 Å². The Balaban J connectivity index is 1.44. The Bertz CT molecular complexity index is 1110. The maximum atomic E-state index is 12.6. The van der Waals surface area contributed by atoms with Crippen molar-refractivity contribution in [1.29, 1.82) is 0 Å². The van der Waals surface area contributed by atoms with Crippen LogP contribution in [0, 0.1) is 6.92 Å². The number of nitrogens with zero attached hydrogens (tertiary/aromatic N) is 5. The maximum absolute atomic E-state index is 12.6. The number of rotatable bonds is 6. The fraction of sp³-hybridized carbons (Fsp3) is 0.118. The number of thioether (sulfide) groups is 1. The minimum Gasteiger partial charge on any atom is -0.295 e. The molecule has 11 heteroatoms. The summed E-state index contributed by atoms with van der Waals surface area (Å²) in [5.74, 6) is 0.449. The van der Waals surface area contributed by atoms with E-state index in [1.165, 1.54) is 21.0 Å². The fourth-order valence-electron chi connectivity index (χ4n) is 2.31. The van der Waals surface area contributed by atoms with E-state index in [4.69, 9.17) is 11.6 Å². The maximum Gasteiger partial charge on any atom is 0.279 e. The van der Waals surface area contributed by atoms with Crippen molar-refractivity contribution in [2.45, 2.75) is 17.0 Å². The molecular formula is C17H13ClN6OS3. The van der Waals surface area contributed by atoms with Crippen LogP contribution in [0.2, 0.25) is 5.02 Å². The average Bonchev–Trinajstić information content (AvgIpc) is 3.41. The molecule has 1 aromatic carbocycles. The molecule has 0 aliphatic carbocycles. The summed E-state index contributed by atoms with van der Waals surface area (Å²) in [4.78, 5) is 15.2. The zero-order valence-corrected chi connectivity index (χ0v) is 17.7. The lowest BCUT2D eigenvalue weighted by molar-refractivity contribution is 0.102. The molecule has 3 heterocycles. The van der Waals surface area contributed by atoms with Gasteiger partial charge in [0.25, 0.3) is 5.91 Å². The monoisotopic (exact) mass is 448 g/mol. The first kappa shape index (κ1) is 19.1. The summed E-state index contributed by atoms with van der Waals surface area (Å²) in [6.07, 6.45) is 0. The SMILES string of the molecule is Cc1nn(-c2cccc(Cl)c2)nc1C(=O)Nc1nnc(SCc2cccs2)s1. The minimum absolute atomic E-state index is 0.225. The van der Waals surface area contributed by atoms with E-state index < -0.39 is 0 Å². The summed E-state index contributed by atoms with van der Waals surface area (Å²) >= 11 is 10.6. The van der Waals surface area contributed by atoms with E-state index in [1.54, 1.807) is 48.2 Å². The number of nitrogens with one attached hydrogen (secondary N) is 1. The van der Waals surface area contributed by atoms with Gasteiger partial charge in [-0.15, -0.1) is 26.6 Å². The molecule has 0 aliphatic heterocycles. The molecule has 0 radical (unpaired) electrons. The Morgan fingerprint density at radius 2 is 2.14 bits per heavy atom. The number of anilines is 1. The third kappa shape index (κ3) is 4.41. The lowest BCUT2D eigenvalue weighted by atomic mass is 10.3. The number of aromatic nitrogens is 5. The van der Waals surface area contributed by atoms with Crippen molar-refractivity contribution in [1.82, 2.24) is 25.2 Å². The number of carbonyl (C=O) groups excluding carboxylic acids is 1. The molecule has 0 aliphatic rings. The van der Waals surface area contributed by atoms with Crippen LogP contribution in [0.25, 0.3) is 5.69 Å². The fourth-order valence-corrected chi connectivity index (χ4v) is 5.01. The molecule has 4 rings (SSSR count). The molecule has 4 aromatic rings. The lowest BCUT2D eigenvalue weighted by Gasteiger charge is -1.99. The molecule has 7 nitrogen and oxygen atoms in total. The molecule has 28 heavy (non-hydrogen) atoms. The molecular weight excluding hydrogens is 436 g/mol. The highest BCUT2D eigenvalue weighted by Gasteiger charge is 2.18.